The molecule has 2 aliphatic rings. The van der Waals surface area contributed by atoms with Crippen molar-refractivity contribution < 1.29 is 9.53 Å². The number of ether oxygens (including phenoxy) is 1. The molecule has 182 valence electrons. The fraction of sp³-hybridized carbons (Fsp3) is 0.379. The van der Waals surface area contributed by atoms with Crippen LogP contribution in [0.2, 0.25) is 0 Å². The quantitative estimate of drug-likeness (QED) is 0.536. The summed E-state index contributed by atoms with van der Waals surface area (Å²) in [4.78, 5) is 22.6. The highest BCUT2D eigenvalue weighted by atomic mass is 16.5. The second-order valence-electron chi connectivity index (χ2n) is 9.63. The van der Waals surface area contributed by atoms with E-state index in [1.165, 1.54) is 18.4 Å². The van der Waals surface area contributed by atoms with Crippen molar-refractivity contribution in [3.63, 3.8) is 0 Å². The fourth-order valence-corrected chi connectivity index (χ4v) is 5.50. The van der Waals surface area contributed by atoms with Gasteiger partial charge in [-0.05, 0) is 60.2 Å². The molecule has 0 bridgehead atoms. The molecule has 0 radical (unpaired) electrons. The van der Waals surface area contributed by atoms with Gasteiger partial charge in [0.25, 0.3) is 5.91 Å². The van der Waals surface area contributed by atoms with Gasteiger partial charge in [0.2, 0.25) is 0 Å². The van der Waals surface area contributed by atoms with Crippen molar-refractivity contribution in [1.29, 1.82) is 0 Å². The van der Waals surface area contributed by atoms with Gasteiger partial charge in [0.15, 0.2) is 0 Å². The first-order valence-corrected chi connectivity index (χ1v) is 12.6. The Morgan fingerprint density at radius 2 is 1.86 bits per heavy atom. The number of methoxy groups -OCH3 is 1. The van der Waals surface area contributed by atoms with Gasteiger partial charge < -0.3 is 15.0 Å². The molecule has 3 heterocycles. The number of carbonyl (C=O) groups excluding carboxylic acids is 1. The summed E-state index contributed by atoms with van der Waals surface area (Å²) in [5, 5.41) is 3.44. The van der Waals surface area contributed by atoms with E-state index in [1.54, 1.807) is 19.5 Å². The summed E-state index contributed by atoms with van der Waals surface area (Å²) in [5.41, 5.74) is 4.00. The minimum absolute atomic E-state index is 0.123. The highest BCUT2D eigenvalue weighted by Gasteiger charge is 2.39. The normalized spacial score (nSPS) is 20.2. The van der Waals surface area contributed by atoms with Crippen LogP contribution in [0, 0.1) is 5.92 Å². The molecular weight excluding hydrogens is 436 g/mol. The van der Waals surface area contributed by atoms with Crippen LogP contribution >= 0.6 is 0 Å². The van der Waals surface area contributed by atoms with Crippen LogP contribution in [-0.4, -0.2) is 53.5 Å². The Morgan fingerprint density at radius 1 is 1.03 bits per heavy atom. The van der Waals surface area contributed by atoms with E-state index in [-0.39, 0.29) is 11.9 Å². The molecule has 0 aliphatic carbocycles. The maximum Gasteiger partial charge on any atom is 0.254 e. The first kappa shape index (κ1) is 23.4. The molecule has 6 heteroatoms. The number of carbonyl (C=O) groups is 1. The molecule has 1 aromatic heterocycles. The minimum atomic E-state index is 0.123. The molecule has 2 fully saturated rings. The molecule has 0 saturated carbocycles. The second-order valence-corrected chi connectivity index (χ2v) is 9.63. The second kappa shape index (κ2) is 10.9. The highest BCUT2D eigenvalue weighted by molar-refractivity contribution is 5.96. The average Bonchev–Trinajstić information content (AvgIpc) is 3.19. The van der Waals surface area contributed by atoms with Gasteiger partial charge in [-0.2, -0.15) is 0 Å². The molecule has 3 aromatic rings. The lowest BCUT2D eigenvalue weighted by Gasteiger charge is -2.30. The van der Waals surface area contributed by atoms with Gasteiger partial charge in [0.1, 0.15) is 5.75 Å². The van der Waals surface area contributed by atoms with E-state index >= 15 is 0 Å². The van der Waals surface area contributed by atoms with Gasteiger partial charge in [-0.25, -0.2) is 0 Å². The van der Waals surface area contributed by atoms with E-state index in [9.17, 15) is 4.79 Å². The third kappa shape index (κ3) is 5.49. The van der Waals surface area contributed by atoms with Gasteiger partial charge >= 0.3 is 0 Å². The zero-order valence-electron chi connectivity index (χ0n) is 20.4. The van der Waals surface area contributed by atoms with E-state index in [2.05, 4.69) is 50.4 Å². The van der Waals surface area contributed by atoms with Crippen LogP contribution in [0.5, 0.6) is 5.75 Å². The summed E-state index contributed by atoms with van der Waals surface area (Å²) in [5.74, 6) is 1.39. The number of benzene rings is 2. The number of aromatic nitrogens is 1. The zero-order valence-corrected chi connectivity index (χ0v) is 20.4. The average molecular weight is 471 g/mol. The lowest BCUT2D eigenvalue weighted by Crippen LogP contribution is -2.44. The molecule has 5 rings (SSSR count). The van der Waals surface area contributed by atoms with Gasteiger partial charge in [0, 0.05) is 56.7 Å². The van der Waals surface area contributed by atoms with E-state index < -0.39 is 0 Å². The van der Waals surface area contributed by atoms with Crippen LogP contribution in [0.1, 0.15) is 40.7 Å². The van der Waals surface area contributed by atoms with Crippen LogP contribution in [0.4, 0.5) is 5.69 Å². The topological polar surface area (TPSA) is 57.7 Å². The number of likely N-dealkylation sites (tertiary alicyclic amines) is 2. The standard InChI is InChI=1S/C29H34N4O2/c1-35-28-11-10-24(17-26(28)31-18-22-12-14-30-15-13-22)29(34)33-16-6-5-9-25-20-32(21-27(25)33)19-23-7-3-2-4-8-23/h2-4,7-8,10-15,17,25,27,31H,5-6,9,16,18-21H2,1H3/t25-,27+/m0/s1. The van der Waals surface area contributed by atoms with E-state index in [1.807, 2.05) is 30.3 Å². The Balaban J connectivity index is 1.32. The number of pyridine rings is 1. The maximum atomic E-state index is 13.8. The zero-order chi connectivity index (χ0) is 24.0. The summed E-state index contributed by atoms with van der Waals surface area (Å²) in [6.45, 7) is 4.41. The molecule has 1 amide bonds. The molecule has 6 nitrogen and oxygen atoms in total. The largest absolute Gasteiger partial charge is 0.495 e. The Kier molecular flexibility index (Phi) is 7.28. The molecule has 2 aliphatic heterocycles. The third-order valence-electron chi connectivity index (χ3n) is 7.29. The molecule has 1 N–H and O–H groups in total. The number of rotatable bonds is 7. The van der Waals surface area contributed by atoms with Crippen molar-refractivity contribution in [2.45, 2.75) is 38.4 Å². The van der Waals surface area contributed by atoms with Crippen molar-refractivity contribution in [3.05, 3.63) is 89.7 Å². The number of hydrogen-bond donors (Lipinski definition) is 1. The molecule has 0 unspecified atom stereocenters. The summed E-state index contributed by atoms with van der Waals surface area (Å²) >= 11 is 0. The van der Waals surface area contributed by atoms with Gasteiger partial charge in [-0.3, -0.25) is 14.7 Å². The Labute approximate surface area is 207 Å². The van der Waals surface area contributed by atoms with Crippen molar-refractivity contribution in [3.8, 4) is 5.75 Å². The van der Waals surface area contributed by atoms with Crippen LogP contribution < -0.4 is 10.1 Å². The molecular formula is C29H34N4O2. The third-order valence-corrected chi connectivity index (χ3v) is 7.29. The molecule has 2 aromatic carbocycles. The van der Waals surface area contributed by atoms with E-state index in [0.717, 1.165) is 49.6 Å². The Bertz CT molecular complexity index is 1120. The number of fused-ring (bicyclic) bond motifs is 1. The summed E-state index contributed by atoms with van der Waals surface area (Å²) in [7, 11) is 1.66. The van der Waals surface area contributed by atoms with Crippen LogP contribution in [0.3, 0.4) is 0 Å². The maximum absolute atomic E-state index is 13.8. The van der Waals surface area contributed by atoms with Crippen LogP contribution in [-0.2, 0) is 13.1 Å². The van der Waals surface area contributed by atoms with E-state index in [4.69, 9.17) is 4.74 Å². The van der Waals surface area contributed by atoms with Crippen molar-refractivity contribution >= 4 is 11.6 Å². The van der Waals surface area contributed by atoms with Crippen molar-refractivity contribution in [2.24, 2.45) is 5.92 Å². The number of hydrogen-bond acceptors (Lipinski definition) is 5. The van der Waals surface area contributed by atoms with Crippen molar-refractivity contribution in [2.75, 3.05) is 32.1 Å². The summed E-state index contributed by atoms with van der Waals surface area (Å²) in [6, 6.07) is 20.6. The van der Waals surface area contributed by atoms with Gasteiger partial charge in [0.05, 0.1) is 12.8 Å². The number of nitrogens with one attached hydrogen (secondary N) is 1. The number of nitrogens with zero attached hydrogens (tertiary/aromatic N) is 3. The predicted octanol–water partition coefficient (Wildman–Crippen LogP) is 4.83. The first-order chi connectivity index (χ1) is 17.2. The number of anilines is 1. The summed E-state index contributed by atoms with van der Waals surface area (Å²) in [6.07, 6.45) is 7.02. The lowest BCUT2D eigenvalue weighted by molar-refractivity contribution is 0.0663. The number of amides is 1. The van der Waals surface area contributed by atoms with Gasteiger partial charge in [-0.15, -0.1) is 0 Å². The minimum Gasteiger partial charge on any atom is -0.495 e. The molecule has 2 atom stereocenters. The first-order valence-electron chi connectivity index (χ1n) is 12.6. The van der Waals surface area contributed by atoms with Gasteiger partial charge in [-0.1, -0.05) is 36.8 Å². The highest BCUT2D eigenvalue weighted by Crippen LogP contribution is 2.33. The molecule has 0 spiro atoms. The lowest BCUT2D eigenvalue weighted by atomic mass is 9.98. The summed E-state index contributed by atoms with van der Waals surface area (Å²) < 4.78 is 5.57. The monoisotopic (exact) mass is 470 g/mol. The molecule has 2 saturated heterocycles. The Hall–Kier alpha value is -3.38. The fourth-order valence-electron chi connectivity index (χ4n) is 5.50. The SMILES string of the molecule is COc1ccc(C(=O)N2CCCC[C@H]3CN(Cc4ccccc4)C[C@H]32)cc1NCc1ccncc1. The van der Waals surface area contributed by atoms with Crippen LogP contribution in [0.25, 0.3) is 0 Å². The van der Waals surface area contributed by atoms with E-state index in [0.29, 0.717) is 18.0 Å². The predicted molar refractivity (Wildman–Crippen MR) is 138 cm³/mol. The molecule has 35 heavy (non-hydrogen) atoms. The van der Waals surface area contributed by atoms with Crippen LogP contribution in [0.15, 0.2) is 73.1 Å². The van der Waals surface area contributed by atoms with Crippen molar-refractivity contribution in [1.82, 2.24) is 14.8 Å². The Morgan fingerprint density at radius 3 is 2.66 bits per heavy atom. The smallest absolute Gasteiger partial charge is 0.254 e.